The zero-order chi connectivity index (χ0) is 11.5. The molecule has 3 nitrogen and oxygen atoms in total. The molecule has 15 heavy (non-hydrogen) atoms. The molecule has 0 aliphatic heterocycles. The Morgan fingerprint density at radius 2 is 2.07 bits per heavy atom. The number of benzene rings is 1. The van der Waals surface area contributed by atoms with E-state index in [0.29, 0.717) is 5.56 Å². The van der Waals surface area contributed by atoms with Gasteiger partial charge in [0.25, 0.3) is 5.91 Å². The van der Waals surface area contributed by atoms with E-state index in [9.17, 15) is 4.79 Å². The van der Waals surface area contributed by atoms with Crippen LogP contribution in [0.25, 0.3) is 0 Å². The molecule has 0 fully saturated rings. The lowest BCUT2D eigenvalue weighted by molar-refractivity contribution is -0.504. The molecule has 0 aromatic heterocycles. The molecule has 0 unspecified atom stereocenters. The van der Waals surface area contributed by atoms with Crippen LogP contribution >= 0.6 is 0 Å². The molecule has 0 atom stereocenters. The third kappa shape index (κ3) is 3.72. The van der Waals surface area contributed by atoms with Crippen molar-refractivity contribution in [2.75, 3.05) is 0 Å². The van der Waals surface area contributed by atoms with Gasteiger partial charge in [-0.1, -0.05) is 6.07 Å². The molecular formula is C12H18N2O. The maximum atomic E-state index is 11.8. The summed E-state index contributed by atoms with van der Waals surface area (Å²) < 4.78 is 0. The first-order chi connectivity index (χ1) is 6.92. The van der Waals surface area contributed by atoms with Crippen LogP contribution in [0.1, 0.15) is 31.1 Å². The number of rotatable bonds is 2. The Morgan fingerprint density at radius 3 is 2.60 bits per heavy atom. The van der Waals surface area contributed by atoms with Crippen LogP contribution in [0.5, 0.6) is 0 Å². The number of carbonyl (C=O) groups excluding carboxylic acids is 1. The molecule has 3 heteroatoms. The first-order valence-electron chi connectivity index (χ1n) is 4.97. The van der Waals surface area contributed by atoms with E-state index in [-0.39, 0.29) is 11.4 Å². The molecule has 0 aliphatic rings. The predicted octanol–water partition coefficient (Wildman–Crippen LogP) is 1.20. The van der Waals surface area contributed by atoms with E-state index < -0.39 is 0 Å². The van der Waals surface area contributed by atoms with Crippen LogP contribution in [-0.4, -0.2) is 11.4 Å². The molecule has 0 heterocycles. The Bertz CT molecular complexity index is 353. The summed E-state index contributed by atoms with van der Waals surface area (Å²) in [5, 5.41) is 4.64. The van der Waals surface area contributed by atoms with E-state index in [1.54, 1.807) is 11.4 Å². The molecule has 0 saturated carbocycles. The van der Waals surface area contributed by atoms with E-state index in [4.69, 9.17) is 0 Å². The number of carbonyl (C=O) groups is 1. The second-order valence-corrected chi connectivity index (χ2v) is 4.53. The second kappa shape index (κ2) is 4.45. The summed E-state index contributed by atoms with van der Waals surface area (Å²) in [4.78, 5) is 11.8. The third-order valence-electron chi connectivity index (χ3n) is 1.87. The molecule has 0 bridgehead atoms. The quantitative estimate of drug-likeness (QED) is 0.554. The van der Waals surface area contributed by atoms with Crippen LogP contribution in [0.3, 0.4) is 0 Å². The van der Waals surface area contributed by atoms with Crippen molar-refractivity contribution in [2.24, 2.45) is 0 Å². The SMILES string of the molecule is [CH2-][NH2+]c1cccc(C(=O)NC(C)(C)C)c1. The fourth-order valence-electron chi connectivity index (χ4n) is 1.22. The van der Waals surface area contributed by atoms with Gasteiger partial charge >= 0.3 is 0 Å². The van der Waals surface area contributed by atoms with Gasteiger partial charge in [-0.3, -0.25) is 4.79 Å². The van der Waals surface area contributed by atoms with Crippen molar-refractivity contribution in [1.82, 2.24) is 5.32 Å². The molecule has 0 spiro atoms. The Kier molecular flexibility index (Phi) is 3.48. The average Bonchev–Trinajstić information content (AvgIpc) is 2.15. The molecule has 1 amide bonds. The van der Waals surface area contributed by atoms with Gasteiger partial charge in [0.05, 0.1) is 0 Å². The Balaban J connectivity index is 2.82. The highest BCUT2D eigenvalue weighted by atomic mass is 16.1. The average molecular weight is 206 g/mol. The van der Waals surface area contributed by atoms with Crippen molar-refractivity contribution in [2.45, 2.75) is 26.3 Å². The molecule has 0 radical (unpaired) electrons. The lowest BCUT2D eigenvalue weighted by atomic mass is 10.1. The maximum Gasteiger partial charge on any atom is 0.251 e. The highest BCUT2D eigenvalue weighted by Gasteiger charge is 2.15. The standard InChI is InChI=1S/C12H18N2O/c1-12(2,3)14-11(15)9-6-5-7-10(8-9)13-4/h5-8H,4,13H2,1-3H3,(H,14,15). The first kappa shape index (κ1) is 11.7. The number of hydrogen-bond donors (Lipinski definition) is 2. The summed E-state index contributed by atoms with van der Waals surface area (Å²) in [6.45, 7) is 5.88. The van der Waals surface area contributed by atoms with Gasteiger partial charge in [-0.05, 0) is 32.9 Å². The van der Waals surface area contributed by atoms with Crippen LogP contribution in [-0.2, 0) is 0 Å². The minimum Gasteiger partial charge on any atom is -0.446 e. The van der Waals surface area contributed by atoms with Crippen LogP contribution < -0.4 is 10.6 Å². The number of nitrogens with two attached hydrogens (primary N) is 1. The first-order valence-corrected chi connectivity index (χ1v) is 4.97. The largest absolute Gasteiger partial charge is 0.446 e. The smallest absolute Gasteiger partial charge is 0.251 e. The minimum atomic E-state index is -0.207. The Labute approximate surface area is 90.9 Å². The maximum absolute atomic E-state index is 11.8. The minimum absolute atomic E-state index is 0.0498. The van der Waals surface area contributed by atoms with E-state index in [1.165, 1.54) is 0 Å². The summed E-state index contributed by atoms with van der Waals surface area (Å²) >= 11 is 0. The number of amides is 1. The predicted molar refractivity (Wildman–Crippen MR) is 60.6 cm³/mol. The molecule has 1 aromatic rings. The highest BCUT2D eigenvalue weighted by molar-refractivity contribution is 5.95. The molecule has 82 valence electrons. The van der Waals surface area contributed by atoms with Gasteiger partial charge in [-0.2, -0.15) is 0 Å². The van der Waals surface area contributed by atoms with Crippen LogP contribution in [0, 0.1) is 7.05 Å². The number of hydrogen-bond acceptors (Lipinski definition) is 1. The fourth-order valence-corrected chi connectivity index (χ4v) is 1.22. The van der Waals surface area contributed by atoms with Gasteiger partial charge in [0.15, 0.2) is 0 Å². The van der Waals surface area contributed by atoms with E-state index in [0.717, 1.165) is 5.69 Å². The van der Waals surface area contributed by atoms with Crippen molar-refractivity contribution >= 4 is 11.6 Å². The van der Waals surface area contributed by atoms with Crippen LogP contribution in [0.15, 0.2) is 24.3 Å². The molecular weight excluding hydrogens is 188 g/mol. The molecule has 0 aliphatic carbocycles. The van der Waals surface area contributed by atoms with E-state index >= 15 is 0 Å². The summed E-state index contributed by atoms with van der Waals surface area (Å²) in [6.07, 6.45) is 0. The van der Waals surface area contributed by atoms with Crippen molar-refractivity contribution in [3.63, 3.8) is 0 Å². The van der Waals surface area contributed by atoms with Gasteiger partial charge in [0, 0.05) is 17.2 Å². The summed E-state index contributed by atoms with van der Waals surface area (Å²) in [5.41, 5.74) is 1.42. The van der Waals surface area contributed by atoms with Crippen molar-refractivity contribution in [3.8, 4) is 0 Å². The summed E-state index contributed by atoms with van der Waals surface area (Å²) in [6, 6.07) is 7.40. The van der Waals surface area contributed by atoms with Gasteiger partial charge < -0.3 is 10.6 Å². The van der Waals surface area contributed by atoms with Gasteiger partial charge in [-0.25, -0.2) is 0 Å². The van der Waals surface area contributed by atoms with Crippen molar-refractivity contribution in [3.05, 3.63) is 36.9 Å². The van der Waals surface area contributed by atoms with Crippen molar-refractivity contribution < 1.29 is 10.1 Å². The van der Waals surface area contributed by atoms with E-state index in [1.807, 2.05) is 39.0 Å². The summed E-state index contributed by atoms with van der Waals surface area (Å²) in [5.74, 6) is -0.0498. The fraction of sp³-hybridized carbons (Fsp3) is 0.333. The van der Waals surface area contributed by atoms with E-state index in [2.05, 4.69) is 12.4 Å². The molecule has 3 N–H and O–H groups in total. The van der Waals surface area contributed by atoms with Gasteiger partial charge in [-0.15, -0.1) is 7.05 Å². The van der Waals surface area contributed by atoms with Crippen LogP contribution in [0.4, 0.5) is 5.69 Å². The second-order valence-electron chi connectivity index (χ2n) is 4.53. The van der Waals surface area contributed by atoms with Crippen LogP contribution in [0.2, 0.25) is 0 Å². The molecule has 1 aromatic carbocycles. The number of nitrogens with one attached hydrogen (secondary N) is 1. The normalized spacial score (nSPS) is 11.2. The Hall–Kier alpha value is -1.35. The van der Waals surface area contributed by atoms with Gasteiger partial charge in [0.2, 0.25) is 0 Å². The zero-order valence-corrected chi connectivity index (χ0v) is 9.50. The third-order valence-corrected chi connectivity index (χ3v) is 1.87. The monoisotopic (exact) mass is 206 g/mol. The lowest BCUT2D eigenvalue weighted by Crippen LogP contribution is -2.69. The van der Waals surface area contributed by atoms with Crippen molar-refractivity contribution in [1.29, 1.82) is 0 Å². The lowest BCUT2D eigenvalue weighted by Gasteiger charge is -2.20. The van der Waals surface area contributed by atoms with Gasteiger partial charge in [0.1, 0.15) is 5.69 Å². The number of quaternary nitrogens is 1. The molecule has 0 saturated heterocycles. The Morgan fingerprint density at radius 1 is 1.40 bits per heavy atom. The topological polar surface area (TPSA) is 45.7 Å². The molecule has 1 rings (SSSR count). The highest BCUT2D eigenvalue weighted by Crippen LogP contribution is 2.07. The zero-order valence-electron chi connectivity index (χ0n) is 9.50. The summed E-state index contributed by atoms with van der Waals surface area (Å²) in [7, 11) is 3.67.